The molecule has 6 aromatic rings. The number of nitrogens with zero attached hydrogens (tertiary/aromatic N) is 5. The molecule has 0 aliphatic heterocycles. The minimum Gasteiger partial charge on any atom is -0.481 e. The highest BCUT2D eigenvalue weighted by Gasteiger charge is 2.35. The molecular formula is C50H60Cl4N12O8S3. The number of sulfonamides is 3. The standard InChI is InChI=1S/C17H20ClN5O4S.C17H22ClN5O2S.C16H18Cl2N2O2S/c18-13-8-21-15(22-17(19)20)12-7-9(5-6-10(12)13)28(26,27)23-14-4-2-1-3-11(14)16(24)25;1-10-4-2-3-5-15(10)23-26(24,25)11-6-7-12-13(8-11)16(22-17(19)20)21-9-14(12)18;1-10-4-2-3-5-15(10)20-23(21,22)11-6-7-12-13(8-11)16(18)19-9-14(12)17/h5-8,11,14,23H,1-4H2,(H,24,25)(H4,19,20,21,22);6-10,15,23H,2-5H2,1H3,(H4,19,20,21,22);6-10,15,20H,2-5H2,1H3/t11-,14+;2*10-,15+/m111/s1. The van der Waals surface area contributed by atoms with Gasteiger partial charge in [0.05, 0.1) is 35.7 Å². The lowest BCUT2D eigenvalue weighted by Crippen LogP contribution is -2.44. The summed E-state index contributed by atoms with van der Waals surface area (Å²) in [5.74, 6) is -1.12. The molecule has 3 aliphatic rings. The van der Waals surface area contributed by atoms with E-state index >= 15 is 0 Å². The number of carboxylic acids is 1. The zero-order valence-electron chi connectivity index (χ0n) is 42.0. The first-order chi connectivity index (χ1) is 36.3. The van der Waals surface area contributed by atoms with Crippen LogP contribution in [0.5, 0.6) is 0 Å². The molecule has 0 amide bonds. The maximum atomic E-state index is 12.9. The Kier molecular flexibility index (Phi) is 19.5. The number of halogens is 4. The van der Waals surface area contributed by atoms with E-state index in [1.807, 2.05) is 0 Å². The summed E-state index contributed by atoms with van der Waals surface area (Å²) in [5, 5.41) is 14.0. The van der Waals surface area contributed by atoms with Crippen molar-refractivity contribution in [3.63, 3.8) is 0 Å². The molecule has 77 heavy (non-hydrogen) atoms. The number of aliphatic carboxylic acids is 1. The number of hydrogen-bond donors (Lipinski definition) is 8. The number of rotatable bonds is 12. The second kappa shape index (κ2) is 25.3. The third-order valence-electron chi connectivity index (χ3n) is 14.0. The molecule has 12 N–H and O–H groups in total. The number of benzene rings is 3. The molecule has 3 aliphatic carbocycles. The molecule has 27 heteroatoms. The van der Waals surface area contributed by atoms with Crippen LogP contribution >= 0.6 is 46.4 Å². The summed E-state index contributed by atoms with van der Waals surface area (Å²) >= 11 is 24.5. The van der Waals surface area contributed by atoms with Crippen LogP contribution in [0.15, 0.2) is 97.9 Å². The van der Waals surface area contributed by atoms with Crippen LogP contribution in [0.4, 0.5) is 11.6 Å². The van der Waals surface area contributed by atoms with Gasteiger partial charge in [0.25, 0.3) is 0 Å². The predicted octanol–water partition coefficient (Wildman–Crippen LogP) is 8.76. The summed E-state index contributed by atoms with van der Waals surface area (Å²) in [7, 11) is -11.2. The van der Waals surface area contributed by atoms with Crippen LogP contribution in [0.25, 0.3) is 32.3 Å². The van der Waals surface area contributed by atoms with E-state index in [1.54, 1.807) is 18.2 Å². The Balaban J connectivity index is 0.000000169. The van der Waals surface area contributed by atoms with Crippen LogP contribution < -0.4 is 37.1 Å². The molecule has 3 aromatic heterocycles. The fourth-order valence-electron chi connectivity index (χ4n) is 9.78. The summed E-state index contributed by atoms with van der Waals surface area (Å²) < 4.78 is 85.1. The molecule has 20 nitrogen and oxygen atoms in total. The summed E-state index contributed by atoms with van der Waals surface area (Å²) in [6, 6.07) is 13.0. The monoisotopic (exact) mass is 1190 g/mol. The first-order valence-electron chi connectivity index (χ1n) is 24.7. The van der Waals surface area contributed by atoms with E-state index in [9.17, 15) is 35.2 Å². The second-order valence-electron chi connectivity index (χ2n) is 19.4. The number of guanidine groups is 2. The van der Waals surface area contributed by atoms with Gasteiger partial charge < -0.3 is 28.0 Å². The Morgan fingerprint density at radius 3 is 1.23 bits per heavy atom. The number of hydrogen-bond acceptors (Lipinski definition) is 12. The topological polar surface area (TPSA) is 343 Å². The molecule has 3 saturated carbocycles. The summed E-state index contributed by atoms with van der Waals surface area (Å²) in [6.45, 7) is 4.17. The van der Waals surface area contributed by atoms with Gasteiger partial charge in [0.15, 0.2) is 23.6 Å². The average molecular weight is 1200 g/mol. The third-order valence-corrected chi connectivity index (χ3v) is 19.6. The molecule has 3 aromatic carbocycles. The zero-order valence-corrected chi connectivity index (χ0v) is 47.4. The highest BCUT2D eigenvalue weighted by atomic mass is 35.5. The van der Waals surface area contributed by atoms with Gasteiger partial charge in [-0.2, -0.15) is 9.98 Å². The molecule has 0 saturated heterocycles. The van der Waals surface area contributed by atoms with E-state index < -0.39 is 48.0 Å². The van der Waals surface area contributed by atoms with Gasteiger partial charge in [-0.15, -0.1) is 0 Å². The SMILES string of the molecule is C[C@@H]1CCCC[C@@H]1NS(=O)(=O)c1ccc2c(Cl)cnc(Cl)c2c1.C[C@@H]1CCCC[C@@H]1NS(=O)(=O)c1ccc2c(Cl)cnc(N=C(N)N)c2c1.NC(N)=Nc1ncc(Cl)c2ccc(S(=O)(=O)N[C@H]3CCCC[C@H]3C(=O)O)cc12. The van der Waals surface area contributed by atoms with E-state index in [-0.39, 0.29) is 55.5 Å². The highest BCUT2D eigenvalue weighted by molar-refractivity contribution is 7.90. The van der Waals surface area contributed by atoms with Gasteiger partial charge in [-0.3, -0.25) is 4.79 Å². The van der Waals surface area contributed by atoms with E-state index in [0.717, 1.165) is 64.2 Å². The van der Waals surface area contributed by atoms with Crippen molar-refractivity contribution in [3.8, 4) is 0 Å². The Morgan fingerprint density at radius 1 is 0.506 bits per heavy atom. The smallest absolute Gasteiger partial charge is 0.308 e. The molecule has 0 bridgehead atoms. The number of pyridine rings is 3. The lowest BCUT2D eigenvalue weighted by atomic mass is 9.85. The zero-order chi connectivity index (χ0) is 56.0. The number of nitrogens with one attached hydrogen (secondary N) is 3. The lowest BCUT2D eigenvalue weighted by molar-refractivity contribution is -0.143. The van der Waals surface area contributed by atoms with Gasteiger partial charge in [0.1, 0.15) is 5.15 Å². The quantitative estimate of drug-likeness (QED) is 0.0322. The Hall–Kier alpha value is -5.21. The van der Waals surface area contributed by atoms with Gasteiger partial charge in [-0.25, -0.2) is 54.4 Å². The molecule has 3 heterocycles. The van der Waals surface area contributed by atoms with Crippen molar-refractivity contribution in [1.82, 2.24) is 29.1 Å². The van der Waals surface area contributed by atoms with Crippen LogP contribution in [-0.4, -0.2) is 81.3 Å². The molecular weight excluding hydrogens is 1130 g/mol. The van der Waals surface area contributed by atoms with E-state index in [0.29, 0.717) is 72.1 Å². The summed E-state index contributed by atoms with van der Waals surface area (Å²) in [4.78, 5) is 31.7. The number of nitrogens with two attached hydrogens (primary N) is 4. The number of carboxylic acid groups (broad SMARTS) is 1. The normalized spacial score (nSPS) is 21.0. The van der Waals surface area contributed by atoms with Crippen molar-refractivity contribution in [2.75, 3.05) is 0 Å². The van der Waals surface area contributed by atoms with Crippen molar-refractivity contribution in [2.24, 2.45) is 50.7 Å². The number of aromatic nitrogens is 3. The first-order valence-corrected chi connectivity index (χ1v) is 30.7. The lowest BCUT2D eigenvalue weighted by Gasteiger charge is -2.29. The largest absolute Gasteiger partial charge is 0.481 e. The average Bonchev–Trinajstić information content (AvgIpc) is 3.39. The first kappa shape index (κ1) is 59.5. The maximum absolute atomic E-state index is 12.9. The van der Waals surface area contributed by atoms with E-state index in [4.69, 9.17) is 69.3 Å². The minimum atomic E-state index is -3.97. The van der Waals surface area contributed by atoms with Crippen molar-refractivity contribution >= 4 is 138 Å². The van der Waals surface area contributed by atoms with Crippen LogP contribution in [0, 0.1) is 17.8 Å². The van der Waals surface area contributed by atoms with Crippen LogP contribution in [0.2, 0.25) is 20.2 Å². The molecule has 9 rings (SSSR count). The fraction of sp³-hybridized carbons (Fsp3) is 0.400. The maximum Gasteiger partial charge on any atom is 0.308 e. The van der Waals surface area contributed by atoms with E-state index in [1.165, 1.54) is 55.0 Å². The Bertz CT molecular complexity index is 3590. The minimum absolute atomic E-state index is 0.0163. The van der Waals surface area contributed by atoms with Crippen LogP contribution in [0.3, 0.4) is 0 Å². The van der Waals surface area contributed by atoms with Gasteiger partial charge >= 0.3 is 5.97 Å². The van der Waals surface area contributed by atoms with E-state index in [2.05, 4.69) is 53.0 Å². The fourth-order valence-corrected chi connectivity index (χ4v) is 14.8. The van der Waals surface area contributed by atoms with Crippen molar-refractivity contribution in [2.45, 2.75) is 124 Å². The highest BCUT2D eigenvalue weighted by Crippen LogP contribution is 2.36. The molecule has 6 atom stereocenters. The van der Waals surface area contributed by atoms with Gasteiger partial charge in [0.2, 0.25) is 30.1 Å². The number of fused-ring (bicyclic) bond motifs is 3. The number of carbonyl (C=O) groups is 1. The van der Waals surface area contributed by atoms with Crippen molar-refractivity contribution in [3.05, 3.63) is 93.4 Å². The van der Waals surface area contributed by atoms with Gasteiger partial charge in [0, 0.05) is 69.0 Å². The third kappa shape index (κ3) is 14.7. The van der Waals surface area contributed by atoms with Crippen molar-refractivity contribution in [1.29, 1.82) is 0 Å². The summed E-state index contributed by atoms with van der Waals surface area (Å²) in [6.07, 6.45) is 14.9. The van der Waals surface area contributed by atoms with Crippen LogP contribution in [0.1, 0.15) is 90.9 Å². The van der Waals surface area contributed by atoms with Crippen molar-refractivity contribution < 1.29 is 35.2 Å². The van der Waals surface area contributed by atoms with Gasteiger partial charge in [-0.1, -0.05) is 117 Å². The predicted molar refractivity (Wildman–Crippen MR) is 303 cm³/mol. The van der Waals surface area contributed by atoms with Crippen LogP contribution in [-0.2, 0) is 34.9 Å². The Labute approximate surface area is 467 Å². The molecule has 0 radical (unpaired) electrons. The number of aliphatic imine (C=N–C) groups is 2. The second-order valence-corrected chi connectivity index (χ2v) is 26.1. The Morgan fingerprint density at radius 2 is 0.844 bits per heavy atom. The summed E-state index contributed by atoms with van der Waals surface area (Å²) in [5.41, 5.74) is 21.7. The molecule has 0 spiro atoms. The van der Waals surface area contributed by atoms with Gasteiger partial charge in [-0.05, 0) is 86.8 Å². The molecule has 414 valence electrons. The molecule has 3 fully saturated rings. The molecule has 0 unspecified atom stereocenters.